The molecule has 2 unspecified atom stereocenters. The van der Waals surface area contributed by atoms with Crippen molar-refractivity contribution in [3.05, 3.63) is 33.9 Å². The van der Waals surface area contributed by atoms with Crippen LogP contribution < -0.4 is 10.2 Å². The molecular weight excluding hydrogens is 404 g/mol. The van der Waals surface area contributed by atoms with Gasteiger partial charge in [-0.15, -0.1) is 0 Å². The number of non-ortho nitro benzene ring substituents is 1. The van der Waals surface area contributed by atoms with Gasteiger partial charge in [0, 0.05) is 63.4 Å². The van der Waals surface area contributed by atoms with Gasteiger partial charge in [-0.2, -0.15) is 0 Å². The number of morpholine rings is 2. The van der Waals surface area contributed by atoms with E-state index in [1.165, 1.54) is 12.1 Å². The highest BCUT2D eigenvalue weighted by Gasteiger charge is 2.32. The zero-order valence-corrected chi connectivity index (χ0v) is 17.7. The first-order chi connectivity index (χ1) is 15.1. The maximum atomic E-state index is 13.2. The molecule has 170 valence electrons. The minimum atomic E-state index is -0.466. The minimum Gasteiger partial charge on any atom is -0.381 e. The van der Waals surface area contributed by atoms with Gasteiger partial charge in [-0.1, -0.05) is 0 Å². The fourth-order valence-electron chi connectivity index (χ4n) is 4.55. The summed E-state index contributed by atoms with van der Waals surface area (Å²) in [6.45, 7) is 7.35. The van der Waals surface area contributed by atoms with Gasteiger partial charge < -0.3 is 24.4 Å². The van der Waals surface area contributed by atoms with E-state index >= 15 is 0 Å². The smallest absolute Gasteiger partial charge is 0.270 e. The number of benzene rings is 1. The van der Waals surface area contributed by atoms with Crippen LogP contribution in [0.1, 0.15) is 16.8 Å². The van der Waals surface area contributed by atoms with Crippen molar-refractivity contribution < 1.29 is 23.9 Å². The summed E-state index contributed by atoms with van der Waals surface area (Å²) in [6, 6.07) is 4.65. The SMILES string of the molecule is O=C(NCC(C1CCOC1)N1CCOCC1)c1cc([N+](=O)[O-])ccc1N1CCOCC1. The lowest BCUT2D eigenvalue weighted by Gasteiger charge is -2.37. The lowest BCUT2D eigenvalue weighted by molar-refractivity contribution is -0.384. The number of amides is 1. The molecule has 10 heteroatoms. The molecule has 0 spiro atoms. The monoisotopic (exact) mass is 434 g/mol. The van der Waals surface area contributed by atoms with Crippen molar-refractivity contribution >= 4 is 17.3 Å². The summed E-state index contributed by atoms with van der Waals surface area (Å²) < 4.78 is 16.5. The van der Waals surface area contributed by atoms with Crippen molar-refractivity contribution in [1.82, 2.24) is 10.2 Å². The number of nitrogens with zero attached hydrogens (tertiary/aromatic N) is 3. The summed E-state index contributed by atoms with van der Waals surface area (Å²) in [5.41, 5.74) is 0.953. The Kier molecular flexibility index (Phi) is 7.33. The molecule has 4 rings (SSSR count). The number of nitro groups is 1. The summed E-state index contributed by atoms with van der Waals surface area (Å²) in [7, 11) is 0. The van der Waals surface area contributed by atoms with Crippen LogP contribution in [0.4, 0.5) is 11.4 Å². The zero-order valence-electron chi connectivity index (χ0n) is 17.7. The van der Waals surface area contributed by atoms with Crippen LogP contribution in [0.25, 0.3) is 0 Å². The highest BCUT2D eigenvalue weighted by atomic mass is 16.6. The summed E-state index contributed by atoms with van der Waals surface area (Å²) in [6.07, 6.45) is 0.966. The fraction of sp³-hybridized carbons (Fsp3) is 0.667. The molecule has 0 saturated carbocycles. The van der Waals surface area contributed by atoms with Gasteiger partial charge >= 0.3 is 0 Å². The van der Waals surface area contributed by atoms with E-state index in [1.54, 1.807) is 6.07 Å². The Morgan fingerprint density at radius 1 is 1.10 bits per heavy atom. The van der Waals surface area contributed by atoms with E-state index in [0.29, 0.717) is 69.8 Å². The Morgan fingerprint density at radius 2 is 1.81 bits per heavy atom. The summed E-state index contributed by atoms with van der Waals surface area (Å²) in [5, 5.41) is 14.4. The van der Waals surface area contributed by atoms with E-state index in [9.17, 15) is 14.9 Å². The normalized spacial score (nSPS) is 23.5. The van der Waals surface area contributed by atoms with Crippen LogP contribution in [-0.2, 0) is 14.2 Å². The van der Waals surface area contributed by atoms with Crippen LogP contribution in [-0.4, -0.2) is 94.1 Å². The number of rotatable bonds is 7. The van der Waals surface area contributed by atoms with Crippen LogP contribution in [0.15, 0.2) is 18.2 Å². The van der Waals surface area contributed by atoms with Crippen LogP contribution in [0.2, 0.25) is 0 Å². The molecule has 3 aliphatic heterocycles. The number of hydrogen-bond donors (Lipinski definition) is 1. The average Bonchev–Trinajstić information content (AvgIpc) is 3.34. The Balaban J connectivity index is 1.51. The molecule has 3 aliphatic rings. The van der Waals surface area contributed by atoms with Gasteiger partial charge in [0.15, 0.2) is 0 Å². The number of hydrogen-bond acceptors (Lipinski definition) is 8. The van der Waals surface area contributed by atoms with E-state index in [1.807, 2.05) is 4.90 Å². The first-order valence-electron chi connectivity index (χ1n) is 10.9. The first-order valence-corrected chi connectivity index (χ1v) is 10.9. The second-order valence-corrected chi connectivity index (χ2v) is 8.11. The van der Waals surface area contributed by atoms with Crippen molar-refractivity contribution in [3.63, 3.8) is 0 Å². The Hall–Kier alpha value is -2.27. The third-order valence-corrected chi connectivity index (χ3v) is 6.28. The molecule has 10 nitrogen and oxygen atoms in total. The van der Waals surface area contributed by atoms with Gasteiger partial charge in [-0.25, -0.2) is 0 Å². The van der Waals surface area contributed by atoms with Crippen molar-refractivity contribution in [3.8, 4) is 0 Å². The van der Waals surface area contributed by atoms with E-state index in [0.717, 1.165) is 26.1 Å². The lowest BCUT2D eigenvalue weighted by Crippen LogP contribution is -2.52. The van der Waals surface area contributed by atoms with E-state index in [-0.39, 0.29) is 17.6 Å². The third-order valence-electron chi connectivity index (χ3n) is 6.28. The van der Waals surface area contributed by atoms with Gasteiger partial charge in [0.1, 0.15) is 0 Å². The quantitative estimate of drug-likeness (QED) is 0.498. The Labute approximate surface area is 181 Å². The van der Waals surface area contributed by atoms with Crippen LogP contribution in [0.5, 0.6) is 0 Å². The molecule has 31 heavy (non-hydrogen) atoms. The Bertz CT molecular complexity index is 773. The first kappa shape index (κ1) is 21.9. The maximum Gasteiger partial charge on any atom is 0.270 e. The molecule has 3 fully saturated rings. The van der Waals surface area contributed by atoms with Crippen LogP contribution in [0.3, 0.4) is 0 Å². The van der Waals surface area contributed by atoms with Crippen molar-refractivity contribution in [2.75, 3.05) is 77.3 Å². The molecule has 1 aromatic rings. The molecule has 1 aromatic carbocycles. The second-order valence-electron chi connectivity index (χ2n) is 8.11. The molecule has 0 radical (unpaired) electrons. The van der Waals surface area contributed by atoms with Gasteiger partial charge in [0.25, 0.3) is 11.6 Å². The molecule has 3 heterocycles. The standard InChI is InChI=1S/C21H30N4O6/c26-21(22-14-20(16-3-8-31-15-16)24-6-11-30-12-7-24)18-13-17(25(27)28)1-2-19(18)23-4-9-29-10-5-23/h1-2,13,16,20H,3-12,14-15H2,(H,22,26). The van der Waals surface area contributed by atoms with Gasteiger partial charge in [-0.05, 0) is 12.5 Å². The predicted octanol–water partition coefficient (Wildman–Crippen LogP) is 0.899. The summed E-state index contributed by atoms with van der Waals surface area (Å²) in [4.78, 5) is 28.5. The molecule has 0 aliphatic carbocycles. The molecule has 1 N–H and O–H groups in total. The number of ether oxygens (including phenoxy) is 3. The van der Waals surface area contributed by atoms with Gasteiger partial charge in [0.2, 0.25) is 0 Å². The molecule has 0 aromatic heterocycles. The van der Waals surface area contributed by atoms with Gasteiger partial charge in [-0.3, -0.25) is 19.8 Å². The molecule has 1 amide bonds. The third kappa shape index (κ3) is 5.32. The predicted molar refractivity (Wildman–Crippen MR) is 114 cm³/mol. The van der Waals surface area contributed by atoms with E-state index in [2.05, 4.69) is 10.2 Å². The van der Waals surface area contributed by atoms with E-state index in [4.69, 9.17) is 14.2 Å². The van der Waals surface area contributed by atoms with Gasteiger partial charge in [0.05, 0.1) is 49.2 Å². The molecular formula is C21H30N4O6. The zero-order chi connectivity index (χ0) is 21.6. The number of carbonyl (C=O) groups excluding carboxylic acids is 1. The number of nitro benzene ring substituents is 1. The number of anilines is 1. The molecule has 3 saturated heterocycles. The fourth-order valence-corrected chi connectivity index (χ4v) is 4.55. The Morgan fingerprint density at radius 3 is 2.45 bits per heavy atom. The number of nitrogens with one attached hydrogen (secondary N) is 1. The average molecular weight is 434 g/mol. The highest BCUT2D eigenvalue weighted by Crippen LogP contribution is 2.27. The lowest BCUT2D eigenvalue weighted by atomic mass is 9.96. The summed E-state index contributed by atoms with van der Waals surface area (Å²) in [5.74, 6) is 0.0598. The van der Waals surface area contributed by atoms with Crippen molar-refractivity contribution in [2.45, 2.75) is 12.5 Å². The topological polar surface area (TPSA) is 106 Å². The largest absolute Gasteiger partial charge is 0.381 e. The maximum absolute atomic E-state index is 13.2. The summed E-state index contributed by atoms with van der Waals surface area (Å²) >= 11 is 0. The molecule has 2 atom stereocenters. The van der Waals surface area contributed by atoms with Crippen LogP contribution in [0, 0.1) is 16.0 Å². The highest BCUT2D eigenvalue weighted by molar-refractivity contribution is 6.00. The number of carbonyl (C=O) groups is 1. The van der Waals surface area contributed by atoms with Crippen LogP contribution >= 0.6 is 0 Å². The minimum absolute atomic E-state index is 0.0870. The van der Waals surface area contributed by atoms with Crippen molar-refractivity contribution in [2.24, 2.45) is 5.92 Å². The molecule has 0 bridgehead atoms. The van der Waals surface area contributed by atoms with E-state index < -0.39 is 4.92 Å². The second kappa shape index (κ2) is 10.4. The van der Waals surface area contributed by atoms with Crippen molar-refractivity contribution in [1.29, 1.82) is 0 Å².